The summed E-state index contributed by atoms with van der Waals surface area (Å²) in [5.41, 5.74) is -0.193. The van der Waals surface area contributed by atoms with Crippen molar-refractivity contribution in [1.29, 1.82) is 5.26 Å². The number of pyridine rings is 1. The van der Waals surface area contributed by atoms with Gasteiger partial charge in [-0.15, -0.1) is 0 Å². The highest BCUT2D eigenvalue weighted by atomic mass is 35.5. The van der Waals surface area contributed by atoms with E-state index in [4.69, 9.17) is 16.3 Å². The van der Waals surface area contributed by atoms with Crippen molar-refractivity contribution in [2.45, 2.75) is 30.9 Å². The number of nitrogens with zero attached hydrogens (tertiary/aromatic N) is 3. The lowest BCUT2D eigenvalue weighted by atomic mass is 9.87. The second kappa shape index (κ2) is 9.09. The first-order chi connectivity index (χ1) is 16.1. The maximum Gasteiger partial charge on any atom is 0.262 e. The number of hydrogen-bond donors (Lipinski definition) is 3. The maximum absolute atomic E-state index is 12.7. The van der Waals surface area contributed by atoms with Crippen molar-refractivity contribution in [2.24, 2.45) is 0 Å². The van der Waals surface area contributed by atoms with Gasteiger partial charge in [-0.25, -0.2) is 8.42 Å². The van der Waals surface area contributed by atoms with Gasteiger partial charge < -0.3 is 15.0 Å². The molecule has 178 valence electrons. The molecule has 0 bridgehead atoms. The van der Waals surface area contributed by atoms with Crippen molar-refractivity contribution in [3.63, 3.8) is 0 Å². The number of rotatable bonds is 6. The Morgan fingerprint density at radius 2 is 2.12 bits per heavy atom. The lowest BCUT2D eigenvalue weighted by Crippen LogP contribution is -2.49. The number of benzene rings is 1. The van der Waals surface area contributed by atoms with Gasteiger partial charge in [0.05, 0.1) is 36.4 Å². The van der Waals surface area contributed by atoms with Crippen molar-refractivity contribution in [1.82, 2.24) is 19.5 Å². The van der Waals surface area contributed by atoms with Gasteiger partial charge in [0.2, 0.25) is 10.0 Å². The number of nitrogens with one attached hydrogen (secondary N) is 3. The summed E-state index contributed by atoms with van der Waals surface area (Å²) in [6, 6.07) is 10.7. The quantitative estimate of drug-likeness (QED) is 0.459. The molecule has 11 nitrogen and oxygen atoms in total. The van der Waals surface area contributed by atoms with Crippen LogP contribution in [0.15, 0.2) is 41.3 Å². The van der Waals surface area contributed by atoms with E-state index in [0.29, 0.717) is 28.0 Å². The second-order valence-corrected chi connectivity index (χ2v) is 10.3. The average molecular weight is 505 g/mol. The molecule has 2 unspecified atom stereocenters. The molecule has 3 N–H and O–H groups in total. The molecule has 0 spiro atoms. The maximum atomic E-state index is 12.7. The van der Waals surface area contributed by atoms with Crippen LogP contribution in [0.5, 0.6) is 0 Å². The smallest absolute Gasteiger partial charge is 0.262 e. The van der Waals surface area contributed by atoms with Gasteiger partial charge in [0, 0.05) is 16.9 Å². The Kier molecular flexibility index (Phi) is 6.35. The van der Waals surface area contributed by atoms with Crippen LogP contribution in [-0.4, -0.2) is 48.1 Å². The van der Waals surface area contributed by atoms with E-state index in [1.165, 1.54) is 6.20 Å². The largest absolute Gasteiger partial charge is 0.366 e. The summed E-state index contributed by atoms with van der Waals surface area (Å²) in [6.45, 7) is -0.0770. The van der Waals surface area contributed by atoms with E-state index in [9.17, 15) is 23.3 Å². The molecule has 2 atom stereocenters. The highest BCUT2D eigenvalue weighted by molar-refractivity contribution is 7.89. The number of nitriles is 1. The van der Waals surface area contributed by atoms with Gasteiger partial charge >= 0.3 is 0 Å². The number of halogens is 1. The summed E-state index contributed by atoms with van der Waals surface area (Å²) >= 11 is 5.95. The molecular weight excluding hydrogens is 484 g/mol. The molecule has 3 heterocycles. The van der Waals surface area contributed by atoms with E-state index < -0.39 is 27.6 Å². The first kappa shape index (κ1) is 23.7. The predicted molar refractivity (Wildman–Crippen MR) is 125 cm³/mol. The zero-order chi connectivity index (χ0) is 24.5. The van der Waals surface area contributed by atoms with E-state index in [1.54, 1.807) is 35.0 Å². The van der Waals surface area contributed by atoms with E-state index in [2.05, 4.69) is 21.5 Å². The molecule has 34 heavy (non-hydrogen) atoms. The Morgan fingerprint density at radius 1 is 1.38 bits per heavy atom. The van der Waals surface area contributed by atoms with E-state index in [1.807, 2.05) is 4.72 Å². The van der Waals surface area contributed by atoms with Crippen LogP contribution in [0.1, 0.15) is 19.3 Å². The highest BCUT2D eigenvalue weighted by Crippen LogP contribution is 2.37. The lowest BCUT2D eigenvalue weighted by Gasteiger charge is -2.38. The van der Waals surface area contributed by atoms with Crippen LogP contribution < -0.4 is 15.6 Å². The number of amides is 1. The van der Waals surface area contributed by atoms with Crippen molar-refractivity contribution in [3.8, 4) is 6.07 Å². The van der Waals surface area contributed by atoms with Crippen molar-refractivity contribution in [2.75, 3.05) is 18.2 Å². The molecule has 1 aliphatic rings. The third-order valence-electron chi connectivity index (χ3n) is 5.57. The lowest BCUT2D eigenvalue weighted by molar-refractivity contribution is -0.139. The van der Waals surface area contributed by atoms with Gasteiger partial charge in [-0.1, -0.05) is 11.6 Å². The Balaban J connectivity index is 1.71. The molecule has 0 aliphatic carbocycles. The molecule has 1 aliphatic heterocycles. The van der Waals surface area contributed by atoms with E-state index in [0.717, 1.165) is 6.26 Å². The molecule has 0 radical (unpaired) electrons. The first-order valence-electron chi connectivity index (χ1n) is 10.3. The number of fused-ring (bicyclic) bond motifs is 1. The SMILES string of the molecule is CS(=O)(=O)NC(=O)C1CCC(CC#N)(n2nc(Nc3ccc(Cl)cc3)c3c(=O)[nH]ccc32)CO1. The number of aromatic nitrogens is 3. The van der Waals surface area contributed by atoms with Gasteiger partial charge in [0.15, 0.2) is 5.82 Å². The zero-order valence-corrected chi connectivity index (χ0v) is 19.6. The zero-order valence-electron chi connectivity index (χ0n) is 18.0. The molecule has 4 rings (SSSR count). The van der Waals surface area contributed by atoms with Gasteiger partial charge in [0.1, 0.15) is 11.5 Å². The molecule has 3 aromatic rings. The number of aromatic amines is 1. The second-order valence-electron chi connectivity index (χ2n) is 8.10. The minimum Gasteiger partial charge on any atom is -0.366 e. The van der Waals surface area contributed by atoms with Crippen LogP contribution in [0, 0.1) is 11.3 Å². The normalized spacial score (nSPS) is 20.6. The molecule has 13 heteroatoms. The van der Waals surface area contributed by atoms with Crippen LogP contribution in [0.2, 0.25) is 5.02 Å². The third-order valence-corrected chi connectivity index (χ3v) is 6.40. The Bertz CT molecular complexity index is 1430. The minimum absolute atomic E-state index is 0.00260. The number of carbonyl (C=O) groups excluding carboxylic acids is 1. The number of hydrogen-bond acceptors (Lipinski definition) is 8. The fourth-order valence-corrected chi connectivity index (χ4v) is 4.61. The van der Waals surface area contributed by atoms with Gasteiger partial charge in [-0.2, -0.15) is 10.4 Å². The Hall–Kier alpha value is -3.40. The number of sulfonamides is 1. The van der Waals surface area contributed by atoms with Crippen LogP contribution in [0.3, 0.4) is 0 Å². The molecule has 2 aromatic heterocycles. The van der Waals surface area contributed by atoms with Crippen molar-refractivity contribution < 1.29 is 17.9 Å². The highest BCUT2D eigenvalue weighted by Gasteiger charge is 2.42. The van der Waals surface area contributed by atoms with Crippen LogP contribution >= 0.6 is 11.6 Å². The van der Waals surface area contributed by atoms with Crippen LogP contribution in [-0.2, 0) is 25.1 Å². The van der Waals surface area contributed by atoms with Crippen molar-refractivity contribution in [3.05, 3.63) is 51.9 Å². The molecular formula is C21H21ClN6O5S. The first-order valence-corrected chi connectivity index (χ1v) is 12.5. The van der Waals surface area contributed by atoms with E-state index >= 15 is 0 Å². The van der Waals surface area contributed by atoms with Crippen molar-refractivity contribution >= 4 is 49.9 Å². The molecule has 1 saturated heterocycles. The summed E-state index contributed by atoms with van der Waals surface area (Å²) in [5.74, 6) is -0.478. The fourth-order valence-electron chi connectivity index (χ4n) is 3.99. The predicted octanol–water partition coefficient (Wildman–Crippen LogP) is 1.99. The van der Waals surface area contributed by atoms with Crippen LogP contribution in [0.25, 0.3) is 10.9 Å². The summed E-state index contributed by atoms with van der Waals surface area (Å²) in [4.78, 5) is 27.6. The number of carbonyl (C=O) groups is 1. The Morgan fingerprint density at radius 3 is 2.74 bits per heavy atom. The number of ether oxygens (including phenoxy) is 1. The fraction of sp³-hybridized carbons (Fsp3) is 0.333. The number of anilines is 2. The average Bonchev–Trinajstić information content (AvgIpc) is 3.15. The summed E-state index contributed by atoms with van der Waals surface area (Å²) in [5, 5.41) is 18.2. The van der Waals surface area contributed by atoms with Crippen LogP contribution in [0.4, 0.5) is 11.5 Å². The number of H-pyrrole nitrogens is 1. The molecule has 1 amide bonds. The van der Waals surface area contributed by atoms with E-state index in [-0.39, 0.29) is 30.8 Å². The third kappa shape index (κ3) is 4.77. The van der Waals surface area contributed by atoms with Gasteiger partial charge in [0.25, 0.3) is 11.5 Å². The Labute approximate surface area is 199 Å². The van der Waals surface area contributed by atoms with Gasteiger partial charge in [-0.05, 0) is 43.2 Å². The molecule has 1 aromatic carbocycles. The molecule has 1 fully saturated rings. The standard InChI is InChI=1S/C21H21ClN6O5S/c1-34(31,32)27-19(29)16-6-8-21(9-10-23,12-33-16)28-15-7-11-24-20(30)17(15)18(26-28)25-14-4-2-13(22)3-5-14/h2-5,7,11,16H,6,8-9,12H2,1H3,(H,24,30)(H,25,26)(H,27,29). The summed E-state index contributed by atoms with van der Waals surface area (Å²) < 4.78 is 32.0. The molecule has 0 saturated carbocycles. The minimum atomic E-state index is -3.73. The summed E-state index contributed by atoms with van der Waals surface area (Å²) in [7, 11) is -3.73. The van der Waals surface area contributed by atoms with Gasteiger partial charge in [-0.3, -0.25) is 19.0 Å². The monoisotopic (exact) mass is 504 g/mol. The topological polar surface area (TPSA) is 159 Å². The summed E-state index contributed by atoms with van der Waals surface area (Å²) in [6.07, 6.45) is 1.84.